The first-order chi connectivity index (χ1) is 7.43. The van der Waals surface area contributed by atoms with Gasteiger partial charge >= 0.3 is 0 Å². The van der Waals surface area contributed by atoms with E-state index in [1.54, 1.807) is 12.5 Å². The minimum Gasteiger partial charge on any atom is -0.486 e. The van der Waals surface area contributed by atoms with E-state index in [9.17, 15) is 0 Å². The van der Waals surface area contributed by atoms with Crippen molar-refractivity contribution in [1.29, 1.82) is 0 Å². The Hall–Kier alpha value is -1.42. The highest BCUT2D eigenvalue weighted by Crippen LogP contribution is 1.93. The molecule has 1 aromatic heterocycles. The third-order valence-electron chi connectivity index (χ3n) is 0.910. The standard InChI is InChI=1S/C5H6O.2CH4N2OS.2CH4/c1-5-2-3-6-4-5;2*2-3-1(4)5;;/h2-4H,1H3;2*2H2,(H2,3,4,5);2*1H4. The van der Waals surface area contributed by atoms with E-state index in [2.05, 4.69) is 36.1 Å². The number of furan rings is 1. The van der Waals surface area contributed by atoms with Crippen molar-refractivity contribution >= 4 is 34.8 Å². The van der Waals surface area contributed by atoms with E-state index in [1.165, 1.54) is 5.56 Å². The summed E-state index contributed by atoms with van der Waals surface area (Å²) in [5.41, 5.74) is 4.81. The molecule has 108 valence electrons. The quantitative estimate of drug-likeness (QED) is 0.239. The number of hydrogen-bond acceptors (Lipinski definition) is 5. The second kappa shape index (κ2) is 18.0. The maximum Gasteiger partial charge on any atom is 0.268 e. The summed E-state index contributed by atoms with van der Waals surface area (Å²) in [6.45, 7) is 1.99. The van der Waals surface area contributed by atoms with E-state index >= 15 is 0 Å². The molecular weight excluding hydrogens is 276 g/mol. The van der Waals surface area contributed by atoms with E-state index in [-0.39, 0.29) is 25.2 Å². The maximum absolute atomic E-state index is 7.86. The second-order valence-corrected chi connectivity index (χ2v) is 2.97. The predicted octanol–water partition coefficient (Wildman–Crippen LogP) is 1.45. The lowest BCUT2D eigenvalue weighted by molar-refractivity contribution is 0.534. The fraction of sp³-hybridized carbons (Fsp3) is 0.333. The molecule has 0 spiro atoms. The summed E-state index contributed by atoms with van der Waals surface area (Å²) in [6, 6.07) is 1.92. The number of hydrazine groups is 2. The topological polar surface area (TPSA) is 130 Å². The summed E-state index contributed by atoms with van der Waals surface area (Å²) in [6.07, 6.45) is 3.37. The number of hydrogen-bond donors (Lipinski definition) is 6. The molecule has 0 unspecified atom stereocenters. The first-order valence-electron chi connectivity index (χ1n) is 3.81. The fourth-order valence-corrected chi connectivity index (χ4v) is 0.333. The van der Waals surface area contributed by atoms with Crippen molar-refractivity contribution < 1.29 is 14.6 Å². The van der Waals surface area contributed by atoms with Gasteiger partial charge in [0.1, 0.15) is 0 Å². The minimum absolute atomic E-state index is 0. The van der Waals surface area contributed by atoms with E-state index in [4.69, 9.17) is 14.6 Å². The second-order valence-electron chi connectivity index (χ2n) is 2.20. The summed E-state index contributed by atoms with van der Waals surface area (Å²) in [7, 11) is 0. The van der Waals surface area contributed by atoms with Crippen LogP contribution in [-0.4, -0.2) is 20.6 Å². The molecule has 0 amide bonds. The molecule has 7 nitrogen and oxygen atoms in total. The van der Waals surface area contributed by atoms with Crippen LogP contribution in [0.4, 0.5) is 0 Å². The van der Waals surface area contributed by atoms with E-state index in [0.29, 0.717) is 0 Å². The Morgan fingerprint density at radius 1 is 1.17 bits per heavy atom. The molecule has 0 aliphatic heterocycles. The van der Waals surface area contributed by atoms with Gasteiger partial charge in [-0.25, -0.2) is 11.7 Å². The van der Waals surface area contributed by atoms with Gasteiger partial charge in [0, 0.05) is 0 Å². The molecule has 1 aromatic rings. The van der Waals surface area contributed by atoms with Crippen LogP contribution in [0.5, 0.6) is 0 Å². The number of nitrogens with one attached hydrogen (secondary N) is 2. The molecule has 0 atom stereocenters. The monoisotopic (exact) mass is 298 g/mol. The van der Waals surface area contributed by atoms with Gasteiger partial charge in [-0.15, -0.1) is 0 Å². The Bertz CT molecular complexity index is 280. The van der Waals surface area contributed by atoms with Crippen LogP contribution in [0.1, 0.15) is 20.4 Å². The van der Waals surface area contributed by atoms with Crippen LogP contribution in [0.25, 0.3) is 0 Å². The van der Waals surface area contributed by atoms with E-state index in [1.807, 2.05) is 23.8 Å². The van der Waals surface area contributed by atoms with Gasteiger partial charge < -0.3 is 14.6 Å². The highest BCUT2D eigenvalue weighted by Gasteiger charge is 1.75. The zero-order chi connectivity index (χ0) is 13.0. The zero-order valence-electron chi connectivity index (χ0n) is 8.51. The Morgan fingerprint density at radius 2 is 1.50 bits per heavy atom. The molecule has 0 saturated carbocycles. The van der Waals surface area contributed by atoms with Gasteiger partial charge in [0.2, 0.25) is 0 Å². The van der Waals surface area contributed by atoms with Crippen molar-refractivity contribution in [3.8, 4) is 0 Å². The van der Waals surface area contributed by atoms with Gasteiger partial charge in [0.05, 0.1) is 12.5 Å². The van der Waals surface area contributed by atoms with Crippen LogP contribution in [0.2, 0.25) is 0 Å². The predicted molar refractivity (Wildman–Crippen MR) is 82.0 cm³/mol. The van der Waals surface area contributed by atoms with Crippen molar-refractivity contribution in [2.24, 2.45) is 11.7 Å². The van der Waals surface area contributed by atoms with E-state index < -0.39 is 0 Å². The molecule has 18 heavy (non-hydrogen) atoms. The molecule has 9 heteroatoms. The van der Waals surface area contributed by atoms with Gasteiger partial charge in [-0.2, -0.15) is 0 Å². The Labute approximate surface area is 118 Å². The van der Waals surface area contributed by atoms with Crippen LogP contribution in [0.15, 0.2) is 23.0 Å². The lowest BCUT2D eigenvalue weighted by atomic mass is 10.4. The van der Waals surface area contributed by atoms with Gasteiger partial charge in [0.25, 0.3) is 10.3 Å². The van der Waals surface area contributed by atoms with Crippen molar-refractivity contribution in [1.82, 2.24) is 10.9 Å². The summed E-state index contributed by atoms with van der Waals surface area (Å²) in [4.78, 5) is 0. The molecule has 1 rings (SSSR count). The Balaban J connectivity index is -0.0000000781. The van der Waals surface area contributed by atoms with Crippen molar-refractivity contribution in [2.75, 3.05) is 0 Å². The normalized spacial score (nSPS) is 6.61. The molecule has 0 fully saturated rings. The van der Waals surface area contributed by atoms with Gasteiger partial charge in [-0.05, 0) is 43.0 Å². The van der Waals surface area contributed by atoms with Gasteiger partial charge in [-0.3, -0.25) is 10.9 Å². The van der Waals surface area contributed by atoms with Crippen LogP contribution in [-0.2, 0) is 0 Å². The number of thiocarbonyl (C=S) groups is 2. The largest absolute Gasteiger partial charge is 0.486 e. The summed E-state index contributed by atoms with van der Waals surface area (Å²) in [5, 5.41) is 14.9. The molecule has 0 radical (unpaired) electrons. The van der Waals surface area contributed by atoms with Crippen LogP contribution in [0.3, 0.4) is 0 Å². The molecule has 0 saturated heterocycles. The molecule has 0 aromatic carbocycles. The number of aryl methyl sites for hydroxylation is 1. The first kappa shape index (κ1) is 25.4. The average Bonchev–Trinajstić information content (AvgIpc) is 2.71. The van der Waals surface area contributed by atoms with Gasteiger partial charge in [-0.1, -0.05) is 14.9 Å². The van der Waals surface area contributed by atoms with Crippen molar-refractivity contribution in [3.05, 3.63) is 24.2 Å². The zero-order valence-corrected chi connectivity index (χ0v) is 10.1. The summed E-state index contributed by atoms with van der Waals surface area (Å²) >= 11 is 8.03. The SMILES string of the molecule is C.C.Cc1ccoc1.NNC(O)=S.NNC(O)=S. The summed E-state index contributed by atoms with van der Waals surface area (Å²) < 4.78 is 4.71. The Morgan fingerprint density at radius 3 is 1.56 bits per heavy atom. The molecule has 1 heterocycles. The number of aliphatic hydroxyl groups excluding tert-OH is 2. The molecule has 0 aliphatic carbocycles. The van der Waals surface area contributed by atoms with E-state index in [0.717, 1.165) is 0 Å². The molecule has 0 aliphatic rings. The summed E-state index contributed by atoms with van der Waals surface area (Å²) in [5.74, 6) is 9.06. The average molecular weight is 298 g/mol. The van der Waals surface area contributed by atoms with Crippen LogP contribution < -0.4 is 22.5 Å². The third-order valence-corrected chi connectivity index (χ3v) is 1.15. The lowest BCUT2D eigenvalue weighted by Crippen LogP contribution is -2.27. The maximum atomic E-state index is 7.86. The van der Waals surface area contributed by atoms with Crippen LogP contribution >= 0.6 is 24.4 Å². The van der Waals surface area contributed by atoms with Gasteiger partial charge in [0.15, 0.2) is 0 Å². The molecular formula is C9H22N4O3S2. The molecule has 8 N–H and O–H groups in total. The highest BCUT2D eigenvalue weighted by atomic mass is 32.1. The third kappa shape index (κ3) is 29.3. The number of nitrogens with two attached hydrogens (primary N) is 2. The smallest absolute Gasteiger partial charge is 0.268 e. The van der Waals surface area contributed by atoms with Crippen molar-refractivity contribution in [3.63, 3.8) is 0 Å². The highest BCUT2D eigenvalue weighted by molar-refractivity contribution is 7.80. The Kier molecular flexibility index (Phi) is 25.4. The molecule has 0 bridgehead atoms. The lowest BCUT2D eigenvalue weighted by Gasteiger charge is -1.83. The van der Waals surface area contributed by atoms with Crippen molar-refractivity contribution in [2.45, 2.75) is 21.8 Å². The first-order valence-corrected chi connectivity index (χ1v) is 4.63. The minimum atomic E-state index is -0.384. The number of aliphatic hydroxyl groups is 2. The number of rotatable bonds is 0. The van der Waals surface area contributed by atoms with Crippen LogP contribution in [0, 0.1) is 6.92 Å². The fourth-order valence-electron chi connectivity index (χ4n) is 0.333.